The Morgan fingerprint density at radius 2 is 2.33 bits per heavy atom. The van der Waals surface area contributed by atoms with Crippen LogP contribution in [0.1, 0.15) is 0 Å². The lowest BCUT2D eigenvalue weighted by Gasteiger charge is -1.97. The van der Waals surface area contributed by atoms with E-state index in [4.69, 9.17) is 5.11 Å². The standard InChI is InChI=1S/C4H8O4S/c5-3-4(6)8-7-1-2-9/h5,9H,1-3H2. The summed E-state index contributed by atoms with van der Waals surface area (Å²) in [6.07, 6.45) is 0. The first-order valence-electron chi connectivity index (χ1n) is 2.35. The highest BCUT2D eigenvalue weighted by atomic mass is 32.1. The molecule has 0 bridgehead atoms. The number of hydrogen-bond acceptors (Lipinski definition) is 5. The Labute approximate surface area is 58.1 Å². The summed E-state index contributed by atoms with van der Waals surface area (Å²) in [6, 6.07) is 0. The van der Waals surface area contributed by atoms with Crippen LogP contribution in [-0.2, 0) is 14.6 Å². The summed E-state index contributed by atoms with van der Waals surface area (Å²) < 4.78 is 0. The lowest BCUT2D eigenvalue weighted by Crippen LogP contribution is -2.10. The van der Waals surface area contributed by atoms with Gasteiger partial charge in [0.25, 0.3) is 0 Å². The molecule has 0 amide bonds. The molecule has 0 unspecified atom stereocenters. The minimum atomic E-state index is -0.795. The summed E-state index contributed by atoms with van der Waals surface area (Å²) in [4.78, 5) is 18.3. The minimum absolute atomic E-state index is 0.231. The van der Waals surface area contributed by atoms with Crippen molar-refractivity contribution in [2.24, 2.45) is 0 Å². The fourth-order valence-corrected chi connectivity index (χ4v) is 0.246. The Morgan fingerprint density at radius 3 is 2.78 bits per heavy atom. The van der Waals surface area contributed by atoms with Gasteiger partial charge in [-0.15, -0.1) is 0 Å². The smallest absolute Gasteiger partial charge is 0.367 e. The van der Waals surface area contributed by atoms with Crippen LogP contribution in [0.5, 0.6) is 0 Å². The van der Waals surface area contributed by atoms with Crippen LogP contribution >= 0.6 is 12.6 Å². The van der Waals surface area contributed by atoms with Gasteiger partial charge in [-0.1, -0.05) is 0 Å². The van der Waals surface area contributed by atoms with E-state index in [2.05, 4.69) is 22.4 Å². The quantitative estimate of drug-likeness (QED) is 0.244. The Morgan fingerprint density at radius 1 is 1.67 bits per heavy atom. The molecule has 0 aliphatic rings. The first kappa shape index (κ1) is 8.74. The number of rotatable bonds is 4. The van der Waals surface area contributed by atoms with Gasteiger partial charge < -0.3 is 5.11 Å². The molecule has 0 rings (SSSR count). The van der Waals surface area contributed by atoms with E-state index >= 15 is 0 Å². The van der Waals surface area contributed by atoms with E-state index in [0.717, 1.165) is 0 Å². The van der Waals surface area contributed by atoms with Crippen molar-refractivity contribution in [3.8, 4) is 0 Å². The summed E-state index contributed by atoms with van der Waals surface area (Å²) in [5.74, 6) is -0.324. The molecule has 0 spiro atoms. The maximum Gasteiger partial charge on any atom is 0.367 e. The average molecular weight is 152 g/mol. The van der Waals surface area contributed by atoms with Gasteiger partial charge in [0, 0.05) is 5.75 Å². The SMILES string of the molecule is O=C(CO)OOCCS. The summed E-state index contributed by atoms with van der Waals surface area (Å²) in [5, 5.41) is 8.06. The van der Waals surface area contributed by atoms with Gasteiger partial charge in [-0.3, -0.25) is 4.89 Å². The molecule has 9 heavy (non-hydrogen) atoms. The second-order valence-corrected chi connectivity index (χ2v) is 1.61. The molecular formula is C4H8O4S. The van der Waals surface area contributed by atoms with Crippen LogP contribution in [0.3, 0.4) is 0 Å². The molecule has 0 aromatic rings. The van der Waals surface area contributed by atoms with E-state index < -0.39 is 12.6 Å². The summed E-state index contributed by atoms with van der Waals surface area (Å²) in [7, 11) is 0. The molecule has 0 saturated heterocycles. The third-order valence-electron chi connectivity index (χ3n) is 0.456. The molecule has 4 nitrogen and oxygen atoms in total. The highest BCUT2D eigenvalue weighted by Crippen LogP contribution is 1.81. The van der Waals surface area contributed by atoms with E-state index in [-0.39, 0.29) is 6.61 Å². The van der Waals surface area contributed by atoms with E-state index in [0.29, 0.717) is 5.75 Å². The molecule has 0 aliphatic carbocycles. The van der Waals surface area contributed by atoms with Crippen molar-refractivity contribution in [3.63, 3.8) is 0 Å². The molecule has 1 N–H and O–H groups in total. The minimum Gasteiger partial charge on any atom is -0.385 e. The van der Waals surface area contributed by atoms with Crippen molar-refractivity contribution in [3.05, 3.63) is 0 Å². The summed E-state index contributed by atoms with van der Waals surface area (Å²) >= 11 is 3.77. The third-order valence-corrected chi connectivity index (χ3v) is 0.638. The van der Waals surface area contributed by atoms with Crippen molar-refractivity contribution in [2.75, 3.05) is 19.0 Å². The number of carbonyl (C=O) groups is 1. The Hall–Kier alpha value is -0.260. The molecule has 0 heterocycles. The first-order chi connectivity index (χ1) is 4.31. The molecular weight excluding hydrogens is 144 g/mol. The predicted octanol–water partition coefficient (Wildman–Crippen LogP) is -0.617. The zero-order valence-electron chi connectivity index (χ0n) is 4.74. The summed E-state index contributed by atoms with van der Waals surface area (Å²) in [6.45, 7) is -0.429. The van der Waals surface area contributed by atoms with E-state index in [1.54, 1.807) is 0 Å². The van der Waals surface area contributed by atoms with Gasteiger partial charge in [0.1, 0.15) is 13.2 Å². The molecule has 0 radical (unpaired) electrons. The highest BCUT2D eigenvalue weighted by Gasteiger charge is 1.97. The van der Waals surface area contributed by atoms with Crippen molar-refractivity contribution < 1.29 is 19.7 Å². The van der Waals surface area contributed by atoms with Gasteiger partial charge >= 0.3 is 5.97 Å². The molecule has 0 fully saturated rings. The first-order valence-corrected chi connectivity index (χ1v) is 2.98. The molecule has 0 aromatic carbocycles. The second kappa shape index (κ2) is 5.87. The molecule has 0 aromatic heterocycles. The van der Waals surface area contributed by atoms with Gasteiger partial charge in [0.15, 0.2) is 0 Å². The molecule has 5 heteroatoms. The lowest BCUT2D eigenvalue weighted by molar-refractivity contribution is -0.270. The maximum atomic E-state index is 10.1. The predicted molar refractivity (Wildman–Crippen MR) is 33.0 cm³/mol. The van der Waals surface area contributed by atoms with Crippen LogP contribution < -0.4 is 0 Å². The van der Waals surface area contributed by atoms with Crippen molar-refractivity contribution >= 4 is 18.6 Å². The fourth-order valence-electron chi connectivity index (χ4n) is 0.171. The zero-order chi connectivity index (χ0) is 7.11. The maximum absolute atomic E-state index is 10.1. The van der Waals surface area contributed by atoms with E-state index in [9.17, 15) is 4.79 Å². The van der Waals surface area contributed by atoms with Gasteiger partial charge in [0.2, 0.25) is 0 Å². The molecule has 0 atom stereocenters. The molecule has 0 aliphatic heterocycles. The van der Waals surface area contributed by atoms with Gasteiger partial charge in [0.05, 0.1) is 0 Å². The van der Waals surface area contributed by atoms with Crippen molar-refractivity contribution in [2.45, 2.75) is 0 Å². The van der Waals surface area contributed by atoms with Crippen LogP contribution in [0.4, 0.5) is 0 Å². The van der Waals surface area contributed by atoms with Gasteiger partial charge in [-0.2, -0.15) is 17.5 Å². The summed E-state index contributed by atoms with van der Waals surface area (Å²) in [5.41, 5.74) is 0. The van der Waals surface area contributed by atoms with Crippen LogP contribution in [0.25, 0.3) is 0 Å². The van der Waals surface area contributed by atoms with E-state index in [1.165, 1.54) is 0 Å². The monoisotopic (exact) mass is 152 g/mol. The second-order valence-electron chi connectivity index (χ2n) is 1.16. The van der Waals surface area contributed by atoms with Crippen molar-refractivity contribution in [1.82, 2.24) is 0 Å². The van der Waals surface area contributed by atoms with Crippen molar-refractivity contribution in [1.29, 1.82) is 0 Å². The lowest BCUT2D eigenvalue weighted by atomic mass is 10.8. The Kier molecular flexibility index (Phi) is 5.70. The normalized spacial score (nSPS) is 9.11. The topological polar surface area (TPSA) is 55.8 Å². The largest absolute Gasteiger partial charge is 0.385 e. The highest BCUT2D eigenvalue weighted by molar-refractivity contribution is 7.80. The fraction of sp³-hybridized carbons (Fsp3) is 0.750. The van der Waals surface area contributed by atoms with Crippen LogP contribution in [0.2, 0.25) is 0 Å². The number of carbonyl (C=O) groups excluding carboxylic acids is 1. The van der Waals surface area contributed by atoms with Crippen LogP contribution in [-0.4, -0.2) is 30.0 Å². The number of aliphatic hydroxyl groups is 1. The Balaban J connectivity index is 2.97. The van der Waals surface area contributed by atoms with Crippen LogP contribution in [0, 0.1) is 0 Å². The Bertz CT molecular complexity index is 84.6. The third kappa shape index (κ3) is 5.61. The number of thiol groups is 1. The van der Waals surface area contributed by atoms with E-state index in [1.807, 2.05) is 0 Å². The zero-order valence-corrected chi connectivity index (χ0v) is 5.63. The van der Waals surface area contributed by atoms with Gasteiger partial charge in [-0.05, 0) is 0 Å². The molecule has 0 saturated carbocycles. The van der Waals surface area contributed by atoms with Gasteiger partial charge in [-0.25, -0.2) is 4.79 Å². The number of aliphatic hydroxyl groups excluding tert-OH is 1. The molecule has 54 valence electrons. The van der Waals surface area contributed by atoms with Crippen LogP contribution in [0.15, 0.2) is 0 Å². The average Bonchev–Trinajstić information content (AvgIpc) is 1.89. The number of hydrogen-bond donors (Lipinski definition) is 2.